The molecule has 2 fully saturated rings. The largest absolute Gasteiger partial charge is 0.379 e. The van der Waals surface area contributed by atoms with E-state index in [-0.39, 0.29) is 5.91 Å². The van der Waals surface area contributed by atoms with Gasteiger partial charge in [-0.15, -0.1) is 0 Å². The number of hydrogen-bond acceptors (Lipinski definition) is 4. The van der Waals surface area contributed by atoms with Gasteiger partial charge >= 0.3 is 0 Å². The minimum atomic E-state index is 0.267. The summed E-state index contributed by atoms with van der Waals surface area (Å²) in [7, 11) is 1.78. The highest BCUT2D eigenvalue weighted by Crippen LogP contribution is 2.15. The molecular formula is C22H34N4O3. The Kier molecular flexibility index (Phi) is 8.77. The Balaban J connectivity index is 1.29. The van der Waals surface area contributed by atoms with E-state index in [9.17, 15) is 4.79 Å². The van der Waals surface area contributed by atoms with Crippen LogP contribution >= 0.6 is 0 Å². The van der Waals surface area contributed by atoms with Gasteiger partial charge in [0.1, 0.15) is 0 Å². The number of benzene rings is 1. The second kappa shape index (κ2) is 11.8. The zero-order valence-corrected chi connectivity index (χ0v) is 17.5. The fourth-order valence-corrected chi connectivity index (χ4v) is 3.63. The van der Waals surface area contributed by atoms with Gasteiger partial charge in [0.05, 0.1) is 12.7 Å². The average molecular weight is 403 g/mol. The minimum absolute atomic E-state index is 0.267. The Bertz CT molecular complexity index is 657. The molecule has 1 atom stereocenters. The zero-order chi connectivity index (χ0) is 20.3. The molecule has 2 aliphatic heterocycles. The smallest absolute Gasteiger partial charge is 0.222 e. The lowest BCUT2D eigenvalue weighted by atomic mass is 10.1. The summed E-state index contributed by atoms with van der Waals surface area (Å²) in [5.41, 5.74) is 2.36. The van der Waals surface area contributed by atoms with E-state index in [1.807, 2.05) is 4.90 Å². The minimum Gasteiger partial charge on any atom is -0.379 e. The lowest BCUT2D eigenvalue weighted by Gasteiger charge is -2.16. The third-order valence-electron chi connectivity index (χ3n) is 5.34. The Labute approximate surface area is 173 Å². The van der Waals surface area contributed by atoms with Crippen LogP contribution in [0.5, 0.6) is 0 Å². The van der Waals surface area contributed by atoms with E-state index in [2.05, 4.69) is 39.9 Å². The molecule has 0 aliphatic carbocycles. The maximum absolute atomic E-state index is 11.7. The van der Waals surface area contributed by atoms with Gasteiger partial charge in [0.25, 0.3) is 0 Å². The van der Waals surface area contributed by atoms with Crippen LogP contribution in [0.15, 0.2) is 29.3 Å². The first-order valence-corrected chi connectivity index (χ1v) is 10.7. The van der Waals surface area contributed by atoms with Crippen LogP contribution in [0.25, 0.3) is 0 Å². The number of carbonyl (C=O) groups is 1. The number of aliphatic imine (C=N–C) groups is 1. The first-order valence-electron chi connectivity index (χ1n) is 10.7. The van der Waals surface area contributed by atoms with E-state index in [0.29, 0.717) is 32.2 Å². The van der Waals surface area contributed by atoms with Crippen LogP contribution in [0, 0.1) is 0 Å². The fraction of sp³-hybridized carbons (Fsp3) is 0.636. The van der Waals surface area contributed by atoms with Gasteiger partial charge < -0.3 is 25.0 Å². The maximum atomic E-state index is 11.7. The molecule has 2 N–H and O–H groups in total. The molecule has 0 radical (unpaired) electrons. The van der Waals surface area contributed by atoms with Crippen LogP contribution in [-0.4, -0.2) is 62.8 Å². The molecule has 0 spiro atoms. The number of nitrogens with zero attached hydrogens (tertiary/aromatic N) is 2. The van der Waals surface area contributed by atoms with Crippen LogP contribution in [0.4, 0.5) is 0 Å². The quantitative estimate of drug-likeness (QED) is 0.356. The normalized spacial score (nSPS) is 19.8. The molecule has 7 nitrogen and oxygen atoms in total. The van der Waals surface area contributed by atoms with Gasteiger partial charge in [-0.05, 0) is 36.8 Å². The van der Waals surface area contributed by atoms with Gasteiger partial charge in [-0.2, -0.15) is 0 Å². The number of guanidine groups is 1. The summed E-state index contributed by atoms with van der Waals surface area (Å²) in [6, 6.07) is 8.42. The Hall–Kier alpha value is -2.12. The Morgan fingerprint density at radius 2 is 2.07 bits per heavy atom. The number of carbonyl (C=O) groups excluding carboxylic acids is 1. The highest BCUT2D eigenvalue weighted by atomic mass is 16.5. The molecule has 1 unspecified atom stereocenters. The van der Waals surface area contributed by atoms with Crippen LogP contribution in [0.1, 0.15) is 43.2 Å². The summed E-state index contributed by atoms with van der Waals surface area (Å²) in [6.07, 6.45) is 5.16. The van der Waals surface area contributed by atoms with Crippen LogP contribution in [0.2, 0.25) is 0 Å². The summed E-state index contributed by atoms with van der Waals surface area (Å²) in [5.74, 6) is 1.05. The van der Waals surface area contributed by atoms with Gasteiger partial charge in [-0.3, -0.25) is 9.79 Å². The van der Waals surface area contributed by atoms with E-state index >= 15 is 0 Å². The number of amides is 1. The number of ether oxygens (including phenoxy) is 2. The summed E-state index contributed by atoms with van der Waals surface area (Å²) in [5, 5.41) is 6.65. The highest BCUT2D eigenvalue weighted by Gasteiger charge is 2.19. The summed E-state index contributed by atoms with van der Waals surface area (Å²) < 4.78 is 11.2. The van der Waals surface area contributed by atoms with Crippen molar-refractivity contribution in [1.29, 1.82) is 0 Å². The van der Waals surface area contributed by atoms with Crippen LogP contribution in [0.3, 0.4) is 0 Å². The summed E-state index contributed by atoms with van der Waals surface area (Å²) in [4.78, 5) is 17.9. The summed E-state index contributed by atoms with van der Waals surface area (Å²) in [6.45, 7) is 5.42. The number of hydrogen-bond donors (Lipinski definition) is 2. The average Bonchev–Trinajstić information content (AvgIpc) is 3.40. The standard InChI is InChI=1S/C22H34N4O3/c1-23-22(24-11-4-13-28-17-20-5-3-14-29-20)25-15-18-7-9-19(10-8-18)16-26-12-2-6-21(26)27/h7-10,20H,2-6,11-17H2,1H3,(H2,23,24,25). The number of rotatable bonds is 10. The van der Waals surface area contributed by atoms with Gasteiger partial charge in [-0.1, -0.05) is 24.3 Å². The molecule has 160 valence electrons. The van der Waals surface area contributed by atoms with Crippen molar-refractivity contribution in [3.63, 3.8) is 0 Å². The second-order valence-electron chi connectivity index (χ2n) is 7.65. The van der Waals surface area contributed by atoms with Crippen molar-refractivity contribution in [3.8, 4) is 0 Å². The number of likely N-dealkylation sites (tertiary alicyclic amines) is 1. The van der Waals surface area contributed by atoms with Crippen LogP contribution < -0.4 is 10.6 Å². The summed E-state index contributed by atoms with van der Waals surface area (Å²) >= 11 is 0. The van der Waals surface area contributed by atoms with Crippen molar-refractivity contribution in [2.24, 2.45) is 4.99 Å². The molecule has 7 heteroatoms. The lowest BCUT2D eigenvalue weighted by molar-refractivity contribution is -0.128. The van der Waals surface area contributed by atoms with E-state index in [1.165, 1.54) is 11.1 Å². The van der Waals surface area contributed by atoms with Gasteiger partial charge in [0, 0.05) is 52.9 Å². The molecule has 1 aromatic carbocycles. The molecule has 3 rings (SSSR count). The molecule has 0 aromatic heterocycles. The van der Waals surface area contributed by atoms with E-state index in [1.54, 1.807) is 7.05 Å². The lowest BCUT2D eigenvalue weighted by Crippen LogP contribution is -2.37. The van der Waals surface area contributed by atoms with Crippen molar-refractivity contribution < 1.29 is 14.3 Å². The first kappa shape index (κ1) is 21.6. The molecule has 29 heavy (non-hydrogen) atoms. The van der Waals surface area contributed by atoms with Crippen molar-refractivity contribution in [2.75, 3.05) is 40.0 Å². The zero-order valence-electron chi connectivity index (χ0n) is 17.5. The van der Waals surface area contributed by atoms with Crippen molar-refractivity contribution >= 4 is 11.9 Å². The first-order chi connectivity index (χ1) is 14.2. The molecule has 1 aromatic rings. The third-order valence-corrected chi connectivity index (χ3v) is 5.34. The maximum Gasteiger partial charge on any atom is 0.222 e. The highest BCUT2D eigenvalue weighted by molar-refractivity contribution is 5.79. The fourth-order valence-electron chi connectivity index (χ4n) is 3.63. The topological polar surface area (TPSA) is 75.2 Å². The van der Waals surface area contributed by atoms with E-state index in [0.717, 1.165) is 57.9 Å². The second-order valence-corrected chi connectivity index (χ2v) is 7.65. The van der Waals surface area contributed by atoms with Crippen molar-refractivity contribution in [2.45, 2.75) is 51.3 Å². The number of nitrogens with one attached hydrogen (secondary N) is 2. The monoisotopic (exact) mass is 402 g/mol. The third kappa shape index (κ3) is 7.33. The van der Waals surface area contributed by atoms with Gasteiger partial charge in [0.2, 0.25) is 5.91 Å². The molecule has 2 heterocycles. The van der Waals surface area contributed by atoms with Crippen molar-refractivity contribution in [1.82, 2.24) is 15.5 Å². The molecule has 2 aliphatic rings. The Morgan fingerprint density at radius 3 is 2.76 bits per heavy atom. The van der Waals surface area contributed by atoms with E-state index in [4.69, 9.17) is 9.47 Å². The Morgan fingerprint density at radius 1 is 1.24 bits per heavy atom. The molecule has 0 saturated carbocycles. The molecule has 2 saturated heterocycles. The predicted molar refractivity (Wildman–Crippen MR) is 114 cm³/mol. The van der Waals surface area contributed by atoms with Gasteiger partial charge in [-0.25, -0.2) is 0 Å². The van der Waals surface area contributed by atoms with E-state index < -0.39 is 0 Å². The van der Waals surface area contributed by atoms with Gasteiger partial charge in [0.15, 0.2) is 5.96 Å². The SMILES string of the molecule is CN=C(NCCCOCC1CCCO1)NCc1ccc(CN2CCCC2=O)cc1. The molecule has 0 bridgehead atoms. The molecule has 1 amide bonds. The predicted octanol–water partition coefficient (Wildman–Crippen LogP) is 2.06. The van der Waals surface area contributed by atoms with Crippen molar-refractivity contribution in [3.05, 3.63) is 35.4 Å². The molecular weight excluding hydrogens is 368 g/mol. The van der Waals surface area contributed by atoms with Crippen LogP contribution in [-0.2, 0) is 27.4 Å².